The minimum absolute atomic E-state index is 0.147. The maximum atomic E-state index is 11.2. The van der Waals surface area contributed by atoms with Crippen molar-refractivity contribution in [1.29, 1.82) is 0 Å². The van der Waals surface area contributed by atoms with E-state index in [1.54, 1.807) is 29.9 Å². The Kier molecular flexibility index (Phi) is 5.01. The first-order chi connectivity index (χ1) is 9.69. The summed E-state index contributed by atoms with van der Waals surface area (Å²) in [4.78, 5) is 11.2. The van der Waals surface area contributed by atoms with Gasteiger partial charge in [0.05, 0.1) is 18.2 Å². The molecule has 1 heterocycles. The third-order valence-electron chi connectivity index (χ3n) is 2.55. The third-order valence-corrected chi connectivity index (χ3v) is 2.85. The Bertz CT molecular complexity index is 570. The molecule has 1 aromatic carbocycles. The van der Waals surface area contributed by atoms with Crippen molar-refractivity contribution in [2.24, 2.45) is 0 Å². The lowest BCUT2D eigenvalue weighted by Gasteiger charge is -2.09. The smallest absolute Gasteiger partial charge is 0.344 e. The van der Waals surface area contributed by atoms with E-state index in [9.17, 15) is 4.79 Å². The molecule has 0 atom stereocenters. The number of rotatable bonds is 6. The minimum atomic E-state index is -0.413. The summed E-state index contributed by atoms with van der Waals surface area (Å²) in [6.07, 6.45) is 3.59. The summed E-state index contributed by atoms with van der Waals surface area (Å²) >= 11 is 6.12. The maximum absolute atomic E-state index is 11.2. The van der Waals surface area contributed by atoms with E-state index in [2.05, 4.69) is 5.10 Å². The fourth-order valence-corrected chi connectivity index (χ4v) is 1.94. The van der Waals surface area contributed by atoms with Crippen LogP contribution >= 0.6 is 11.6 Å². The molecule has 0 saturated carbocycles. The molecule has 0 amide bonds. The van der Waals surface area contributed by atoms with Crippen LogP contribution in [0.5, 0.6) is 5.75 Å². The summed E-state index contributed by atoms with van der Waals surface area (Å²) in [7, 11) is 0. The van der Waals surface area contributed by atoms with E-state index in [-0.39, 0.29) is 6.61 Å². The summed E-state index contributed by atoms with van der Waals surface area (Å²) in [6, 6.07) is 7.27. The molecule has 2 aromatic rings. The van der Waals surface area contributed by atoms with Crippen molar-refractivity contribution in [3.05, 3.63) is 47.2 Å². The molecule has 0 N–H and O–H groups in total. The maximum Gasteiger partial charge on any atom is 0.344 e. The standard InChI is InChI=1S/C14H15ClN2O3/c1-2-19-14(18)10-20-13-5-4-11(8-12(13)15)9-17-7-3-6-16-17/h3-8H,2,9-10H2,1H3. The molecule has 0 aliphatic heterocycles. The number of hydrogen-bond donors (Lipinski definition) is 0. The Hall–Kier alpha value is -2.01. The van der Waals surface area contributed by atoms with Gasteiger partial charge >= 0.3 is 5.97 Å². The summed E-state index contributed by atoms with van der Waals surface area (Å²) in [6.45, 7) is 2.56. The van der Waals surface area contributed by atoms with Gasteiger partial charge in [-0.3, -0.25) is 4.68 Å². The Morgan fingerprint density at radius 2 is 2.30 bits per heavy atom. The van der Waals surface area contributed by atoms with Gasteiger partial charge in [-0.05, 0) is 30.7 Å². The summed E-state index contributed by atoms with van der Waals surface area (Å²) in [5, 5.41) is 4.58. The number of nitrogens with zero attached hydrogens (tertiary/aromatic N) is 2. The van der Waals surface area contributed by atoms with Crippen molar-refractivity contribution in [2.45, 2.75) is 13.5 Å². The minimum Gasteiger partial charge on any atom is -0.480 e. The molecular weight excluding hydrogens is 280 g/mol. The topological polar surface area (TPSA) is 53.4 Å². The van der Waals surface area contributed by atoms with E-state index in [1.807, 2.05) is 18.3 Å². The molecule has 5 nitrogen and oxygen atoms in total. The molecule has 0 aliphatic carbocycles. The first-order valence-electron chi connectivity index (χ1n) is 6.23. The molecule has 0 aliphatic rings. The highest BCUT2D eigenvalue weighted by Gasteiger charge is 2.07. The van der Waals surface area contributed by atoms with Gasteiger partial charge in [-0.25, -0.2) is 4.79 Å². The van der Waals surface area contributed by atoms with Crippen LogP contribution in [0.3, 0.4) is 0 Å². The number of carbonyl (C=O) groups excluding carboxylic acids is 1. The fraction of sp³-hybridized carbons (Fsp3) is 0.286. The summed E-state index contributed by atoms with van der Waals surface area (Å²) < 4.78 is 11.9. The van der Waals surface area contributed by atoms with Crippen molar-refractivity contribution >= 4 is 17.6 Å². The van der Waals surface area contributed by atoms with E-state index < -0.39 is 5.97 Å². The van der Waals surface area contributed by atoms with Crippen molar-refractivity contribution < 1.29 is 14.3 Å². The lowest BCUT2D eigenvalue weighted by molar-refractivity contribution is -0.145. The van der Waals surface area contributed by atoms with Crippen LogP contribution in [0.15, 0.2) is 36.7 Å². The number of halogens is 1. The van der Waals surface area contributed by atoms with Crippen LogP contribution < -0.4 is 4.74 Å². The first-order valence-corrected chi connectivity index (χ1v) is 6.61. The number of ether oxygens (including phenoxy) is 2. The van der Waals surface area contributed by atoms with Gasteiger partial charge in [0, 0.05) is 12.4 Å². The largest absolute Gasteiger partial charge is 0.480 e. The molecule has 0 bridgehead atoms. The van der Waals surface area contributed by atoms with Crippen LogP contribution in [0.25, 0.3) is 0 Å². The van der Waals surface area contributed by atoms with Crippen LogP contribution in [-0.4, -0.2) is 29.0 Å². The van der Waals surface area contributed by atoms with Gasteiger partial charge in [-0.15, -0.1) is 0 Å². The lowest BCUT2D eigenvalue weighted by Crippen LogP contribution is -2.14. The SMILES string of the molecule is CCOC(=O)COc1ccc(Cn2cccn2)cc1Cl. The molecule has 0 unspecified atom stereocenters. The predicted molar refractivity (Wildman–Crippen MR) is 74.9 cm³/mol. The summed E-state index contributed by atoms with van der Waals surface area (Å²) in [5.41, 5.74) is 1.00. The molecule has 0 spiro atoms. The molecule has 0 radical (unpaired) electrons. The van der Waals surface area contributed by atoms with Gasteiger partial charge in [0.15, 0.2) is 6.61 Å². The number of esters is 1. The highest BCUT2D eigenvalue weighted by molar-refractivity contribution is 6.32. The highest BCUT2D eigenvalue weighted by atomic mass is 35.5. The van der Waals surface area contributed by atoms with Gasteiger partial charge in [0.25, 0.3) is 0 Å². The van der Waals surface area contributed by atoms with E-state index in [0.717, 1.165) is 5.56 Å². The number of aromatic nitrogens is 2. The highest BCUT2D eigenvalue weighted by Crippen LogP contribution is 2.25. The van der Waals surface area contributed by atoms with E-state index in [0.29, 0.717) is 23.9 Å². The Morgan fingerprint density at radius 1 is 1.45 bits per heavy atom. The second-order valence-corrected chi connectivity index (χ2v) is 4.47. The zero-order valence-corrected chi connectivity index (χ0v) is 11.8. The quantitative estimate of drug-likeness (QED) is 0.768. The average molecular weight is 295 g/mol. The number of carbonyl (C=O) groups is 1. The first kappa shape index (κ1) is 14.4. The molecule has 0 fully saturated rings. The van der Waals surface area contributed by atoms with Crippen molar-refractivity contribution in [3.8, 4) is 5.75 Å². The number of hydrogen-bond acceptors (Lipinski definition) is 4. The second kappa shape index (κ2) is 6.96. The Morgan fingerprint density at radius 3 is 2.95 bits per heavy atom. The molecule has 6 heteroatoms. The van der Waals surface area contributed by atoms with Crippen molar-refractivity contribution in [1.82, 2.24) is 9.78 Å². The van der Waals surface area contributed by atoms with Gasteiger partial charge in [-0.2, -0.15) is 5.10 Å². The average Bonchev–Trinajstić information content (AvgIpc) is 2.91. The van der Waals surface area contributed by atoms with Crippen molar-refractivity contribution in [2.75, 3.05) is 13.2 Å². The molecule has 2 rings (SSSR count). The second-order valence-electron chi connectivity index (χ2n) is 4.06. The van der Waals surface area contributed by atoms with Gasteiger partial charge in [0.1, 0.15) is 5.75 Å². The predicted octanol–water partition coefficient (Wildman–Crippen LogP) is 2.53. The van der Waals surface area contributed by atoms with E-state index in [1.165, 1.54) is 0 Å². The van der Waals surface area contributed by atoms with Gasteiger partial charge in [-0.1, -0.05) is 17.7 Å². The monoisotopic (exact) mass is 294 g/mol. The third kappa shape index (κ3) is 3.99. The van der Waals surface area contributed by atoms with Crippen molar-refractivity contribution in [3.63, 3.8) is 0 Å². The summed E-state index contributed by atoms with van der Waals surface area (Å²) in [5.74, 6) is 0.0492. The molecule has 106 valence electrons. The Balaban J connectivity index is 1.97. The number of benzene rings is 1. The van der Waals surface area contributed by atoms with Crippen LogP contribution in [0.2, 0.25) is 5.02 Å². The van der Waals surface area contributed by atoms with Gasteiger partial charge in [0.2, 0.25) is 0 Å². The van der Waals surface area contributed by atoms with Crippen LogP contribution in [0, 0.1) is 0 Å². The zero-order chi connectivity index (χ0) is 14.4. The Labute approximate surface area is 122 Å². The van der Waals surface area contributed by atoms with Gasteiger partial charge < -0.3 is 9.47 Å². The fourth-order valence-electron chi connectivity index (χ4n) is 1.68. The molecule has 20 heavy (non-hydrogen) atoms. The molecule has 1 aromatic heterocycles. The van der Waals surface area contributed by atoms with Crippen LogP contribution in [-0.2, 0) is 16.1 Å². The van der Waals surface area contributed by atoms with E-state index in [4.69, 9.17) is 21.1 Å². The zero-order valence-electron chi connectivity index (χ0n) is 11.1. The van der Waals surface area contributed by atoms with E-state index >= 15 is 0 Å². The van der Waals surface area contributed by atoms with Crippen LogP contribution in [0.4, 0.5) is 0 Å². The molecular formula is C14H15ClN2O3. The van der Waals surface area contributed by atoms with Crippen LogP contribution in [0.1, 0.15) is 12.5 Å². The lowest BCUT2D eigenvalue weighted by atomic mass is 10.2. The normalized spacial score (nSPS) is 10.3. The molecule has 0 saturated heterocycles.